The van der Waals surface area contributed by atoms with Crippen molar-refractivity contribution in [1.82, 2.24) is 5.32 Å². The van der Waals surface area contributed by atoms with Gasteiger partial charge in [-0.3, -0.25) is 0 Å². The molecule has 0 radical (unpaired) electrons. The summed E-state index contributed by atoms with van der Waals surface area (Å²) in [7, 11) is 0. The molecule has 0 bridgehead atoms. The summed E-state index contributed by atoms with van der Waals surface area (Å²) in [4.78, 5) is 0. The first kappa shape index (κ1) is 14.1. The van der Waals surface area contributed by atoms with Crippen molar-refractivity contribution in [1.29, 1.82) is 0 Å². The molecule has 0 atom stereocenters. The zero-order valence-corrected chi connectivity index (χ0v) is 12.6. The molecular weight excluding hydrogens is 302 g/mol. The van der Waals surface area contributed by atoms with Gasteiger partial charge >= 0.3 is 0 Å². The van der Waals surface area contributed by atoms with Gasteiger partial charge in [0.15, 0.2) is 0 Å². The minimum absolute atomic E-state index is 0.698. The smallest absolute Gasteiger partial charge is 0.123 e. The van der Waals surface area contributed by atoms with E-state index in [-0.39, 0.29) is 0 Å². The van der Waals surface area contributed by atoms with Gasteiger partial charge < -0.3 is 10.1 Å². The summed E-state index contributed by atoms with van der Waals surface area (Å²) in [6.45, 7) is 4.37. The molecule has 2 aromatic rings. The molecule has 2 rings (SSSR count). The molecule has 0 spiro atoms. The monoisotopic (exact) mass is 319 g/mol. The van der Waals surface area contributed by atoms with Crippen molar-refractivity contribution in [3.05, 3.63) is 64.1 Å². The van der Waals surface area contributed by atoms with Crippen LogP contribution in [0.5, 0.6) is 5.75 Å². The van der Waals surface area contributed by atoms with Gasteiger partial charge in [-0.15, -0.1) is 0 Å². The Hall–Kier alpha value is -1.32. The van der Waals surface area contributed by atoms with Gasteiger partial charge in [0, 0.05) is 23.1 Å². The molecule has 0 aliphatic carbocycles. The Bertz CT molecular complexity index is 510. The third-order valence-electron chi connectivity index (χ3n) is 2.83. The molecule has 2 aromatic carbocycles. The normalized spacial score (nSPS) is 10.4. The lowest BCUT2D eigenvalue weighted by molar-refractivity contribution is 0.335. The Morgan fingerprint density at radius 3 is 2.47 bits per heavy atom. The van der Waals surface area contributed by atoms with Crippen molar-refractivity contribution >= 4 is 15.9 Å². The third-order valence-corrected chi connectivity index (χ3v) is 3.36. The number of hydrogen-bond donors (Lipinski definition) is 1. The summed E-state index contributed by atoms with van der Waals surface area (Å²) >= 11 is 3.44. The summed E-state index contributed by atoms with van der Waals surface area (Å²) in [5.74, 6) is 0.966. The van der Waals surface area contributed by atoms with Crippen molar-refractivity contribution < 1.29 is 4.74 Å². The lowest BCUT2D eigenvalue weighted by Gasteiger charge is -2.11. The van der Waals surface area contributed by atoms with Gasteiger partial charge in [0.25, 0.3) is 0 Å². The number of nitrogens with one attached hydrogen (secondary N) is 1. The standard InChI is InChI=1S/C16H18BrNO/c1-2-19-16-6-4-3-5-14(16)12-18-11-13-7-9-15(17)10-8-13/h3-10,18H,2,11-12H2,1H3. The van der Waals surface area contributed by atoms with Gasteiger partial charge in [0.05, 0.1) is 6.61 Å². The van der Waals surface area contributed by atoms with Crippen molar-refractivity contribution in [3.8, 4) is 5.75 Å². The number of ether oxygens (including phenoxy) is 1. The van der Waals surface area contributed by atoms with Crippen molar-refractivity contribution in [3.63, 3.8) is 0 Å². The predicted molar refractivity (Wildman–Crippen MR) is 82.3 cm³/mol. The van der Waals surface area contributed by atoms with Gasteiger partial charge in [-0.25, -0.2) is 0 Å². The summed E-state index contributed by atoms with van der Waals surface area (Å²) in [5.41, 5.74) is 2.47. The van der Waals surface area contributed by atoms with Crippen LogP contribution in [0.3, 0.4) is 0 Å². The van der Waals surface area contributed by atoms with Crippen LogP contribution in [0.2, 0.25) is 0 Å². The minimum Gasteiger partial charge on any atom is -0.494 e. The van der Waals surface area contributed by atoms with Gasteiger partial charge in [-0.2, -0.15) is 0 Å². The first-order valence-corrected chi connectivity index (χ1v) is 7.24. The Morgan fingerprint density at radius 2 is 1.74 bits per heavy atom. The van der Waals surface area contributed by atoms with Gasteiger partial charge in [0.1, 0.15) is 5.75 Å². The molecule has 0 aliphatic heterocycles. The van der Waals surface area contributed by atoms with E-state index < -0.39 is 0 Å². The molecule has 2 nitrogen and oxygen atoms in total. The molecule has 0 fully saturated rings. The fraction of sp³-hybridized carbons (Fsp3) is 0.250. The maximum absolute atomic E-state index is 5.61. The zero-order chi connectivity index (χ0) is 13.5. The van der Waals surface area contributed by atoms with Crippen LogP contribution in [0, 0.1) is 0 Å². The van der Waals surface area contributed by atoms with Crippen LogP contribution in [-0.2, 0) is 13.1 Å². The molecule has 0 unspecified atom stereocenters. The Balaban J connectivity index is 1.90. The third kappa shape index (κ3) is 4.37. The van der Waals surface area contributed by atoms with Crippen LogP contribution in [0.15, 0.2) is 53.0 Å². The molecule has 19 heavy (non-hydrogen) atoms. The molecule has 0 amide bonds. The van der Waals surface area contributed by atoms with E-state index in [2.05, 4.69) is 51.6 Å². The maximum Gasteiger partial charge on any atom is 0.123 e. The van der Waals surface area contributed by atoms with E-state index in [9.17, 15) is 0 Å². The van der Waals surface area contributed by atoms with Gasteiger partial charge in [-0.05, 0) is 30.7 Å². The highest BCUT2D eigenvalue weighted by molar-refractivity contribution is 9.10. The fourth-order valence-electron chi connectivity index (χ4n) is 1.89. The molecule has 0 aromatic heterocycles. The topological polar surface area (TPSA) is 21.3 Å². The summed E-state index contributed by atoms with van der Waals surface area (Å²) < 4.78 is 6.72. The Labute approximate surface area is 122 Å². The number of para-hydroxylation sites is 1. The number of rotatable bonds is 6. The largest absolute Gasteiger partial charge is 0.494 e. The molecule has 0 saturated heterocycles. The van der Waals surface area contributed by atoms with Crippen LogP contribution in [0.25, 0.3) is 0 Å². The molecular formula is C16H18BrNO. The van der Waals surface area contributed by atoms with Crippen LogP contribution < -0.4 is 10.1 Å². The summed E-state index contributed by atoms with van der Waals surface area (Å²) in [5, 5.41) is 3.44. The van der Waals surface area contributed by atoms with Gasteiger partial charge in [-0.1, -0.05) is 46.3 Å². The van der Waals surface area contributed by atoms with E-state index in [0.717, 1.165) is 23.3 Å². The average Bonchev–Trinajstić information content (AvgIpc) is 2.43. The van der Waals surface area contributed by atoms with Crippen molar-refractivity contribution in [2.45, 2.75) is 20.0 Å². The molecule has 0 saturated carbocycles. The first-order chi connectivity index (χ1) is 9.29. The van der Waals surface area contributed by atoms with Crippen molar-refractivity contribution in [2.24, 2.45) is 0 Å². The number of halogens is 1. The van der Waals surface area contributed by atoms with E-state index in [0.29, 0.717) is 6.61 Å². The van der Waals surface area contributed by atoms with E-state index >= 15 is 0 Å². The van der Waals surface area contributed by atoms with Crippen LogP contribution in [0.4, 0.5) is 0 Å². The van der Waals surface area contributed by atoms with E-state index in [1.807, 2.05) is 25.1 Å². The highest BCUT2D eigenvalue weighted by atomic mass is 79.9. The maximum atomic E-state index is 5.61. The SMILES string of the molecule is CCOc1ccccc1CNCc1ccc(Br)cc1. The van der Waals surface area contributed by atoms with Crippen LogP contribution in [-0.4, -0.2) is 6.61 Å². The van der Waals surface area contributed by atoms with E-state index in [1.165, 1.54) is 11.1 Å². The predicted octanol–water partition coefficient (Wildman–Crippen LogP) is 4.14. The highest BCUT2D eigenvalue weighted by Gasteiger charge is 2.01. The highest BCUT2D eigenvalue weighted by Crippen LogP contribution is 2.17. The minimum atomic E-state index is 0.698. The van der Waals surface area contributed by atoms with Crippen LogP contribution >= 0.6 is 15.9 Å². The molecule has 100 valence electrons. The molecule has 0 heterocycles. The molecule has 3 heteroatoms. The Kier molecular flexibility index (Phi) is 5.43. The second-order valence-electron chi connectivity index (χ2n) is 4.27. The average molecular weight is 320 g/mol. The lowest BCUT2D eigenvalue weighted by atomic mass is 10.2. The van der Waals surface area contributed by atoms with Gasteiger partial charge in [0.2, 0.25) is 0 Å². The van der Waals surface area contributed by atoms with Crippen molar-refractivity contribution in [2.75, 3.05) is 6.61 Å². The first-order valence-electron chi connectivity index (χ1n) is 6.45. The number of benzene rings is 2. The molecule has 0 aliphatic rings. The molecule has 1 N–H and O–H groups in total. The second-order valence-corrected chi connectivity index (χ2v) is 5.19. The quantitative estimate of drug-likeness (QED) is 0.864. The number of hydrogen-bond acceptors (Lipinski definition) is 2. The lowest BCUT2D eigenvalue weighted by Crippen LogP contribution is -2.13. The summed E-state index contributed by atoms with van der Waals surface area (Å²) in [6.07, 6.45) is 0. The second kappa shape index (κ2) is 7.31. The fourth-order valence-corrected chi connectivity index (χ4v) is 2.15. The van der Waals surface area contributed by atoms with E-state index in [1.54, 1.807) is 0 Å². The Morgan fingerprint density at radius 1 is 1.00 bits per heavy atom. The summed E-state index contributed by atoms with van der Waals surface area (Å²) in [6, 6.07) is 16.5. The van der Waals surface area contributed by atoms with Crippen LogP contribution in [0.1, 0.15) is 18.1 Å². The zero-order valence-electron chi connectivity index (χ0n) is 11.0. The van der Waals surface area contributed by atoms with E-state index in [4.69, 9.17) is 4.74 Å².